The minimum atomic E-state index is 0.0690. The maximum atomic E-state index is 11.3. The molecule has 0 aromatic heterocycles. The molecule has 0 atom stereocenters. The molecule has 1 fully saturated rings. The second-order valence-electron chi connectivity index (χ2n) is 3.17. The van der Waals surface area contributed by atoms with Gasteiger partial charge in [-0.2, -0.15) is 0 Å². The number of nitrogens with zero attached hydrogens (tertiary/aromatic N) is 1. The first-order valence-electron chi connectivity index (χ1n) is 4.27. The maximum absolute atomic E-state index is 11.3. The average Bonchev–Trinajstić information content (AvgIpc) is 2.06. The molecule has 4 heteroatoms. The van der Waals surface area contributed by atoms with Crippen molar-refractivity contribution in [3.05, 3.63) is 0 Å². The summed E-state index contributed by atoms with van der Waals surface area (Å²) < 4.78 is 5.56. The Bertz CT molecular complexity index is 158. The van der Waals surface area contributed by atoms with Gasteiger partial charge in [0.15, 0.2) is 0 Å². The predicted octanol–water partition coefficient (Wildman–Crippen LogP) is -0.628. The predicted molar refractivity (Wildman–Crippen MR) is 43.4 cm³/mol. The van der Waals surface area contributed by atoms with Crippen molar-refractivity contribution in [3.8, 4) is 0 Å². The van der Waals surface area contributed by atoms with Crippen LogP contribution in [0.2, 0.25) is 0 Å². The van der Waals surface area contributed by atoms with Gasteiger partial charge in [0.2, 0.25) is 0 Å². The van der Waals surface area contributed by atoms with Crippen molar-refractivity contribution in [2.24, 2.45) is 0 Å². The molecule has 0 aliphatic carbocycles. The van der Waals surface area contributed by atoms with Crippen LogP contribution in [-0.4, -0.2) is 55.0 Å². The first kappa shape index (κ1) is 9.64. The van der Waals surface area contributed by atoms with Gasteiger partial charge in [0, 0.05) is 0 Å². The van der Waals surface area contributed by atoms with E-state index in [2.05, 4.69) is 0 Å². The fraction of sp³-hybridized carbons (Fsp3) is 0.875. The Morgan fingerprint density at radius 2 is 2.08 bits per heavy atom. The van der Waals surface area contributed by atoms with Gasteiger partial charge in [-0.3, -0.25) is 4.48 Å². The molecule has 1 heterocycles. The summed E-state index contributed by atoms with van der Waals surface area (Å²) in [7, 11) is 0. The number of hydrogen-bond acceptors (Lipinski definition) is 3. The Kier molecular flexibility index (Phi) is 3.20. The Balaban J connectivity index is 2.63. The number of aliphatic hydroxyl groups is 1. The monoisotopic (exact) mass is 174 g/mol. The third-order valence-electron chi connectivity index (χ3n) is 2.52. The average molecular weight is 174 g/mol. The number of aliphatic hydroxyl groups excluding tert-OH is 1. The molecule has 0 saturated carbocycles. The number of ether oxygens (including phenoxy) is 1. The van der Waals surface area contributed by atoms with Crippen molar-refractivity contribution < 1.29 is 19.1 Å². The van der Waals surface area contributed by atoms with Crippen molar-refractivity contribution in [2.45, 2.75) is 6.92 Å². The molecule has 0 spiro atoms. The smallest absolute Gasteiger partial charge is 0.310 e. The number of rotatable bonds is 2. The van der Waals surface area contributed by atoms with E-state index in [9.17, 15) is 4.79 Å². The molecule has 1 saturated heterocycles. The van der Waals surface area contributed by atoms with Gasteiger partial charge < -0.3 is 9.84 Å². The molecule has 1 rings (SSSR count). The minimum Gasteiger partial charge on any atom is -0.390 e. The summed E-state index contributed by atoms with van der Waals surface area (Å²) in [5.41, 5.74) is 0. The molecular formula is C8H16NO3+. The standard InChI is InChI=1S/C8H16NO3/c1-8(11)9(2-5-10)3-6-12-7-4-9/h10H,2-7H2,1H3/q+1. The first-order chi connectivity index (χ1) is 5.71. The highest BCUT2D eigenvalue weighted by atomic mass is 16.5. The second-order valence-corrected chi connectivity index (χ2v) is 3.17. The largest absolute Gasteiger partial charge is 0.390 e. The van der Waals surface area contributed by atoms with Gasteiger partial charge in [0.1, 0.15) is 19.6 Å². The van der Waals surface area contributed by atoms with E-state index in [0.29, 0.717) is 37.3 Å². The van der Waals surface area contributed by atoms with Crippen molar-refractivity contribution >= 4 is 5.91 Å². The molecule has 0 bridgehead atoms. The summed E-state index contributed by atoms with van der Waals surface area (Å²) >= 11 is 0. The van der Waals surface area contributed by atoms with Crippen molar-refractivity contribution in [1.29, 1.82) is 0 Å². The van der Waals surface area contributed by atoms with Crippen LogP contribution in [0.25, 0.3) is 0 Å². The van der Waals surface area contributed by atoms with Crippen LogP contribution in [-0.2, 0) is 9.53 Å². The number of carbonyl (C=O) groups is 1. The van der Waals surface area contributed by atoms with E-state index in [1.807, 2.05) is 0 Å². The van der Waals surface area contributed by atoms with Crippen LogP contribution in [0.15, 0.2) is 0 Å². The zero-order valence-corrected chi connectivity index (χ0v) is 7.45. The molecule has 1 N–H and O–H groups in total. The van der Waals surface area contributed by atoms with Gasteiger partial charge >= 0.3 is 5.91 Å². The van der Waals surface area contributed by atoms with Crippen molar-refractivity contribution in [3.63, 3.8) is 0 Å². The summed E-state index contributed by atoms with van der Waals surface area (Å²) in [4.78, 5) is 11.3. The van der Waals surface area contributed by atoms with Gasteiger partial charge in [-0.15, -0.1) is 0 Å². The van der Waals surface area contributed by atoms with E-state index in [0.717, 1.165) is 0 Å². The molecule has 4 nitrogen and oxygen atoms in total. The van der Waals surface area contributed by atoms with Crippen LogP contribution < -0.4 is 0 Å². The highest BCUT2D eigenvalue weighted by Crippen LogP contribution is 2.11. The number of amides is 1. The fourth-order valence-electron chi connectivity index (χ4n) is 1.58. The number of carbonyl (C=O) groups excluding carboxylic acids is 1. The number of morpholine rings is 1. The molecule has 70 valence electrons. The lowest BCUT2D eigenvalue weighted by atomic mass is 10.3. The lowest BCUT2D eigenvalue weighted by molar-refractivity contribution is -0.862. The third kappa shape index (κ3) is 1.83. The van der Waals surface area contributed by atoms with E-state index in [1.165, 1.54) is 0 Å². The Morgan fingerprint density at radius 3 is 2.50 bits per heavy atom. The Labute approximate surface area is 72.3 Å². The van der Waals surface area contributed by atoms with Crippen LogP contribution in [0.1, 0.15) is 6.92 Å². The van der Waals surface area contributed by atoms with Crippen LogP contribution in [0.3, 0.4) is 0 Å². The van der Waals surface area contributed by atoms with E-state index in [4.69, 9.17) is 9.84 Å². The van der Waals surface area contributed by atoms with E-state index in [1.54, 1.807) is 6.92 Å². The lowest BCUT2D eigenvalue weighted by Crippen LogP contribution is -2.59. The molecule has 1 aliphatic heterocycles. The van der Waals surface area contributed by atoms with Gasteiger partial charge in [-0.1, -0.05) is 0 Å². The van der Waals surface area contributed by atoms with Crippen LogP contribution in [0, 0.1) is 0 Å². The van der Waals surface area contributed by atoms with Gasteiger partial charge in [-0.25, -0.2) is 4.79 Å². The van der Waals surface area contributed by atoms with E-state index in [-0.39, 0.29) is 12.5 Å². The van der Waals surface area contributed by atoms with E-state index >= 15 is 0 Å². The number of quaternary nitrogens is 1. The molecule has 12 heavy (non-hydrogen) atoms. The SMILES string of the molecule is CC(=O)[N+]1(CCO)CCOCC1. The normalized spacial score (nSPS) is 22.2. The highest BCUT2D eigenvalue weighted by Gasteiger charge is 2.34. The lowest BCUT2D eigenvalue weighted by Gasteiger charge is -2.37. The Morgan fingerprint density at radius 1 is 1.50 bits per heavy atom. The summed E-state index contributed by atoms with van der Waals surface area (Å²) in [5, 5.41) is 8.82. The maximum Gasteiger partial charge on any atom is 0.310 e. The van der Waals surface area contributed by atoms with Gasteiger partial charge in [0.25, 0.3) is 0 Å². The van der Waals surface area contributed by atoms with Gasteiger partial charge in [-0.05, 0) is 0 Å². The van der Waals surface area contributed by atoms with E-state index < -0.39 is 0 Å². The third-order valence-corrected chi connectivity index (χ3v) is 2.52. The Hall–Kier alpha value is -0.450. The molecular weight excluding hydrogens is 158 g/mol. The van der Waals surface area contributed by atoms with Crippen molar-refractivity contribution in [1.82, 2.24) is 0 Å². The molecule has 0 aromatic carbocycles. The zero-order chi connectivity index (χ0) is 9.03. The molecule has 0 aromatic rings. The van der Waals surface area contributed by atoms with Gasteiger partial charge in [0.05, 0.1) is 26.7 Å². The summed E-state index contributed by atoms with van der Waals surface area (Å²) in [6, 6.07) is 0. The summed E-state index contributed by atoms with van der Waals surface area (Å²) in [6.45, 7) is 4.84. The molecule has 0 unspecified atom stereocenters. The second kappa shape index (κ2) is 3.98. The van der Waals surface area contributed by atoms with Crippen molar-refractivity contribution in [2.75, 3.05) is 39.5 Å². The van der Waals surface area contributed by atoms with Crippen LogP contribution in [0.4, 0.5) is 0 Å². The first-order valence-corrected chi connectivity index (χ1v) is 4.27. The van der Waals surface area contributed by atoms with Crippen LogP contribution >= 0.6 is 0 Å². The fourth-order valence-corrected chi connectivity index (χ4v) is 1.58. The zero-order valence-electron chi connectivity index (χ0n) is 7.45. The molecule has 1 aliphatic rings. The topological polar surface area (TPSA) is 46.5 Å². The quantitative estimate of drug-likeness (QED) is 0.567. The molecule has 1 amide bonds. The molecule has 0 radical (unpaired) electrons. The minimum absolute atomic E-state index is 0.0690. The highest BCUT2D eigenvalue weighted by molar-refractivity contribution is 5.65. The number of hydrogen-bond donors (Lipinski definition) is 1. The van der Waals surface area contributed by atoms with Crippen LogP contribution in [0.5, 0.6) is 0 Å². The summed E-state index contributed by atoms with van der Waals surface area (Å²) in [5.74, 6) is 0.132. The summed E-state index contributed by atoms with van der Waals surface area (Å²) in [6.07, 6.45) is 0.